The van der Waals surface area contributed by atoms with Crippen molar-refractivity contribution in [3.8, 4) is 11.5 Å². The number of hydrazine groups is 1. The monoisotopic (exact) mass is 385 g/mol. The summed E-state index contributed by atoms with van der Waals surface area (Å²) in [6.45, 7) is 5.30. The maximum Gasteiger partial charge on any atom is 0.310 e. The Morgan fingerprint density at radius 2 is 1.86 bits per heavy atom. The van der Waals surface area contributed by atoms with E-state index in [-0.39, 0.29) is 11.4 Å². The fourth-order valence-corrected chi connectivity index (χ4v) is 2.10. The Morgan fingerprint density at radius 3 is 2.50 bits per heavy atom. The fraction of sp³-hybridized carbons (Fsp3) is 0.158. The number of nitrogens with zero attached hydrogens (tertiary/aromatic N) is 1. The molecule has 2 aromatic carbocycles. The van der Waals surface area contributed by atoms with Gasteiger partial charge in [-0.25, -0.2) is 0 Å². The lowest BCUT2D eigenvalue weighted by Gasteiger charge is -2.15. The maximum absolute atomic E-state index is 12.1. The number of rotatable bonds is 8. The van der Waals surface area contributed by atoms with Crippen molar-refractivity contribution in [2.75, 3.05) is 6.61 Å². The second kappa shape index (κ2) is 9.72. The Morgan fingerprint density at radius 1 is 1.18 bits per heavy atom. The lowest BCUT2D eigenvalue weighted by Crippen LogP contribution is -2.47. The van der Waals surface area contributed by atoms with Crippen LogP contribution in [0.4, 0.5) is 5.69 Å². The van der Waals surface area contributed by atoms with E-state index in [0.717, 1.165) is 0 Å². The summed E-state index contributed by atoms with van der Waals surface area (Å²) >= 11 is 0. The molecular weight excluding hydrogens is 366 g/mol. The largest absolute Gasteiger partial charge is 0.490 e. The Kier molecular flexibility index (Phi) is 7.09. The second-order valence-electron chi connectivity index (χ2n) is 5.55. The predicted octanol–water partition coefficient (Wildman–Crippen LogP) is 2.39. The van der Waals surface area contributed by atoms with Crippen molar-refractivity contribution in [1.29, 1.82) is 0 Å². The van der Waals surface area contributed by atoms with Gasteiger partial charge in [-0.1, -0.05) is 24.8 Å². The number of hydrogen-bond donors (Lipinski definition) is 2. The smallest absolute Gasteiger partial charge is 0.310 e. The van der Waals surface area contributed by atoms with Crippen LogP contribution in [-0.4, -0.2) is 29.4 Å². The minimum Gasteiger partial charge on any atom is -0.490 e. The van der Waals surface area contributed by atoms with Crippen molar-refractivity contribution in [2.45, 2.75) is 13.0 Å². The lowest BCUT2D eigenvalue weighted by atomic mass is 10.2. The molecule has 0 bridgehead atoms. The highest BCUT2D eigenvalue weighted by Crippen LogP contribution is 2.26. The van der Waals surface area contributed by atoms with Gasteiger partial charge in [0.25, 0.3) is 11.8 Å². The van der Waals surface area contributed by atoms with Crippen molar-refractivity contribution in [3.05, 3.63) is 76.9 Å². The van der Waals surface area contributed by atoms with Crippen LogP contribution in [-0.2, 0) is 4.79 Å². The van der Waals surface area contributed by atoms with Crippen LogP contribution in [0.2, 0.25) is 0 Å². The minimum absolute atomic E-state index is 0.0448. The molecule has 0 aromatic heterocycles. The molecule has 0 saturated carbocycles. The van der Waals surface area contributed by atoms with Gasteiger partial charge >= 0.3 is 5.69 Å². The number of hydrogen-bond acceptors (Lipinski definition) is 6. The van der Waals surface area contributed by atoms with Crippen LogP contribution in [0.3, 0.4) is 0 Å². The summed E-state index contributed by atoms with van der Waals surface area (Å²) in [6, 6.07) is 12.0. The Hall–Kier alpha value is -3.88. The van der Waals surface area contributed by atoms with E-state index in [1.54, 1.807) is 24.3 Å². The topological polar surface area (TPSA) is 120 Å². The van der Waals surface area contributed by atoms with Crippen LogP contribution in [0.15, 0.2) is 61.2 Å². The molecule has 0 aliphatic heterocycles. The van der Waals surface area contributed by atoms with E-state index in [1.165, 1.54) is 37.3 Å². The molecule has 0 fully saturated rings. The van der Waals surface area contributed by atoms with Gasteiger partial charge in [0.15, 0.2) is 11.9 Å². The zero-order valence-electron chi connectivity index (χ0n) is 15.1. The van der Waals surface area contributed by atoms with Gasteiger partial charge in [0.05, 0.1) is 4.92 Å². The van der Waals surface area contributed by atoms with Crippen LogP contribution >= 0.6 is 0 Å². The summed E-state index contributed by atoms with van der Waals surface area (Å²) in [5, 5.41) is 11.0. The summed E-state index contributed by atoms with van der Waals surface area (Å²) in [5.41, 5.74) is 4.52. The third-order valence-corrected chi connectivity index (χ3v) is 3.52. The molecule has 2 aromatic rings. The number of nitro groups is 1. The molecule has 9 nitrogen and oxygen atoms in total. The molecule has 0 aliphatic carbocycles. The van der Waals surface area contributed by atoms with Crippen LogP contribution in [0.5, 0.6) is 11.5 Å². The first-order valence-electron chi connectivity index (χ1n) is 8.26. The molecule has 1 unspecified atom stereocenters. The third-order valence-electron chi connectivity index (χ3n) is 3.52. The number of ether oxygens (including phenoxy) is 2. The van der Waals surface area contributed by atoms with Gasteiger partial charge in [-0.15, -0.1) is 0 Å². The summed E-state index contributed by atoms with van der Waals surface area (Å²) in [4.78, 5) is 34.5. The minimum atomic E-state index is -1.07. The number of carbonyl (C=O) groups excluding carboxylic acids is 2. The van der Waals surface area contributed by atoms with Gasteiger partial charge in [-0.2, -0.15) is 0 Å². The second-order valence-corrected chi connectivity index (χ2v) is 5.55. The van der Waals surface area contributed by atoms with Crippen LogP contribution < -0.4 is 20.3 Å². The average molecular weight is 385 g/mol. The van der Waals surface area contributed by atoms with E-state index in [0.29, 0.717) is 17.9 Å². The average Bonchev–Trinajstić information content (AvgIpc) is 2.70. The fourth-order valence-electron chi connectivity index (χ4n) is 2.10. The standard InChI is InChI=1S/C19H19N3O6/c1-3-12-27-15-10-8-14(9-11-15)19(24)21-20-18(23)13(2)28-17-7-5-4-6-16(17)22(25)26/h3-11,13H,1,12H2,2H3,(H,20,23)(H,21,24). The van der Waals surface area contributed by atoms with Gasteiger partial charge in [0.2, 0.25) is 0 Å². The quantitative estimate of drug-likeness (QED) is 0.409. The number of nitrogens with one attached hydrogen (secondary N) is 2. The normalized spacial score (nSPS) is 11.0. The Labute approximate surface area is 161 Å². The molecule has 0 radical (unpaired) electrons. The number of amides is 2. The number of benzene rings is 2. The van der Waals surface area contributed by atoms with Crippen molar-refractivity contribution < 1.29 is 24.0 Å². The number of nitro benzene ring substituents is 1. The zero-order chi connectivity index (χ0) is 20.5. The number of para-hydroxylation sites is 2. The highest BCUT2D eigenvalue weighted by molar-refractivity contribution is 5.95. The lowest BCUT2D eigenvalue weighted by molar-refractivity contribution is -0.386. The van der Waals surface area contributed by atoms with Crippen molar-refractivity contribution >= 4 is 17.5 Å². The first-order chi connectivity index (χ1) is 13.4. The van der Waals surface area contributed by atoms with E-state index in [9.17, 15) is 19.7 Å². The van der Waals surface area contributed by atoms with Gasteiger partial charge in [-0.05, 0) is 37.3 Å². The van der Waals surface area contributed by atoms with Gasteiger partial charge in [-0.3, -0.25) is 30.6 Å². The first kappa shape index (κ1) is 20.4. The first-order valence-corrected chi connectivity index (χ1v) is 8.26. The van der Waals surface area contributed by atoms with Crippen LogP contribution in [0.25, 0.3) is 0 Å². The Balaban J connectivity index is 1.89. The Bertz CT molecular complexity index is 866. The third kappa shape index (κ3) is 5.56. The van der Waals surface area contributed by atoms with E-state index >= 15 is 0 Å². The molecule has 28 heavy (non-hydrogen) atoms. The maximum atomic E-state index is 12.1. The van der Waals surface area contributed by atoms with Crippen molar-refractivity contribution in [3.63, 3.8) is 0 Å². The van der Waals surface area contributed by atoms with E-state index < -0.39 is 22.8 Å². The van der Waals surface area contributed by atoms with Crippen molar-refractivity contribution in [1.82, 2.24) is 10.9 Å². The SMILES string of the molecule is C=CCOc1ccc(C(=O)NNC(=O)C(C)Oc2ccccc2[N+](=O)[O-])cc1. The summed E-state index contributed by atoms with van der Waals surface area (Å²) in [5.74, 6) is -0.678. The molecule has 2 N–H and O–H groups in total. The zero-order valence-corrected chi connectivity index (χ0v) is 15.1. The summed E-state index contributed by atoms with van der Waals surface area (Å²) in [6.07, 6.45) is 0.528. The molecule has 0 aliphatic rings. The molecule has 2 amide bonds. The molecule has 1 atom stereocenters. The van der Waals surface area contributed by atoms with E-state index in [1.807, 2.05) is 0 Å². The molecule has 0 heterocycles. The molecule has 2 rings (SSSR count). The summed E-state index contributed by atoms with van der Waals surface area (Å²) < 4.78 is 10.6. The molecule has 0 saturated heterocycles. The highest BCUT2D eigenvalue weighted by Gasteiger charge is 2.21. The predicted molar refractivity (Wildman–Crippen MR) is 101 cm³/mol. The summed E-state index contributed by atoms with van der Waals surface area (Å²) in [7, 11) is 0. The molecular formula is C19H19N3O6. The van der Waals surface area contributed by atoms with Crippen LogP contribution in [0.1, 0.15) is 17.3 Å². The van der Waals surface area contributed by atoms with E-state index in [2.05, 4.69) is 17.4 Å². The van der Waals surface area contributed by atoms with Gasteiger partial charge < -0.3 is 9.47 Å². The van der Waals surface area contributed by atoms with Crippen molar-refractivity contribution in [2.24, 2.45) is 0 Å². The molecule has 0 spiro atoms. The van der Waals surface area contributed by atoms with Crippen LogP contribution in [0, 0.1) is 10.1 Å². The highest BCUT2D eigenvalue weighted by atomic mass is 16.6. The van der Waals surface area contributed by atoms with E-state index in [4.69, 9.17) is 9.47 Å². The molecule has 146 valence electrons. The van der Waals surface area contributed by atoms with Gasteiger partial charge in [0, 0.05) is 11.6 Å². The molecule has 9 heteroatoms. The number of carbonyl (C=O) groups is 2. The van der Waals surface area contributed by atoms with Gasteiger partial charge in [0.1, 0.15) is 12.4 Å².